The number of halogens is 3. The van der Waals surface area contributed by atoms with Crippen LogP contribution in [0.3, 0.4) is 0 Å². The van der Waals surface area contributed by atoms with Crippen molar-refractivity contribution in [2.24, 2.45) is 0 Å². The molecule has 0 aromatic heterocycles. The van der Waals surface area contributed by atoms with E-state index in [1.807, 2.05) is 31.2 Å². The Labute approximate surface area is 196 Å². The highest BCUT2D eigenvalue weighted by Gasteiger charge is 2.35. The molecule has 0 unspecified atom stereocenters. The average molecular weight is 639 g/mol. The zero-order valence-electron chi connectivity index (χ0n) is 14.5. The zero-order chi connectivity index (χ0) is 20.4. The van der Waals surface area contributed by atoms with Gasteiger partial charge in [-0.25, -0.2) is 0 Å². The Hall–Kier alpha value is -1.04. The normalized spacial score (nSPS) is 15.6. The van der Waals surface area contributed by atoms with Crippen molar-refractivity contribution in [3.63, 3.8) is 0 Å². The Bertz CT molecular complexity index is 979. The second-order valence-electron chi connectivity index (χ2n) is 5.76. The number of nitrogens with zero attached hydrogens (tertiary/aromatic N) is 1. The monoisotopic (exact) mass is 637 g/mol. The molecule has 3 rings (SSSR count). The Balaban J connectivity index is 1.92. The molecular weight excluding hydrogens is 625 g/mol. The molecule has 0 atom stereocenters. The number of phenolic OH excluding ortho intramolecular Hbond substituents is 1. The van der Waals surface area contributed by atoms with Gasteiger partial charge in [0, 0.05) is 18.1 Å². The fraction of sp³-hybridized carbons (Fsp3) is 0.158. The zero-order valence-corrected chi connectivity index (χ0v) is 20.7. The van der Waals surface area contributed by atoms with Gasteiger partial charge in [0.25, 0.3) is 11.1 Å². The second kappa shape index (κ2) is 9.19. The smallest absolute Gasteiger partial charge is 0.293 e. The lowest BCUT2D eigenvalue weighted by molar-refractivity contribution is -0.123. The molecule has 0 aliphatic carbocycles. The number of imide groups is 1. The molecule has 0 saturated carbocycles. The van der Waals surface area contributed by atoms with Gasteiger partial charge in [-0.15, -0.1) is 0 Å². The van der Waals surface area contributed by atoms with Crippen LogP contribution in [0.4, 0.5) is 4.79 Å². The first-order valence-corrected chi connectivity index (χ1v) is 11.6. The third kappa shape index (κ3) is 4.58. The van der Waals surface area contributed by atoms with Gasteiger partial charge in [0.1, 0.15) is 0 Å². The van der Waals surface area contributed by atoms with Crippen molar-refractivity contribution >= 4 is 83.4 Å². The van der Waals surface area contributed by atoms with E-state index in [0.717, 1.165) is 20.9 Å². The number of benzene rings is 2. The minimum atomic E-state index is -0.391. The maximum atomic E-state index is 12.8. The molecule has 1 aliphatic heterocycles. The number of aromatic hydroxyl groups is 1. The maximum absolute atomic E-state index is 12.8. The summed E-state index contributed by atoms with van der Waals surface area (Å²) in [6.07, 6.45) is 1.51. The van der Waals surface area contributed by atoms with Crippen LogP contribution in [-0.2, 0) is 11.3 Å². The van der Waals surface area contributed by atoms with E-state index in [2.05, 4.69) is 54.5 Å². The molecular formula is C19H14Br2INO4S. The maximum Gasteiger partial charge on any atom is 0.293 e. The summed E-state index contributed by atoms with van der Waals surface area (Å²) in [7, 11) is 0. The molecule has 1 N–H and O–H groups in total. The fourth-order valence-electron chi connectivity index (χ4n) is 2.55. The number of carbonyl (C=O) groups is 2. The summed E-state index contributed by atoms with van der Waals surface area (Å²) < 4.78 is 7.75. The van der Waals surface area contributed by atoms with Gasteiger partial charge in [0.15, 0.2) is 11.5 Å². The van der Waals surface area contributed by atoms with Gasteiger partial charge in [-0.2, -0.15) is 0 Å². The molecule has 0 bridgehead atoms. The van der Waals surface area contributed by atoms with Crippen molar-refractivity contribution in [2.75, 3.05) is 6.61 Å². The Morgan fingerprint density at radius 3 is 2.57 bits per heavy atom. The number of hydrogen-bond acceptors (Lipinski definition) is 5. The minimum absolute atomic E-state index is 0.0960. The first-order valence-electron chi connectivity index (χ1n) is 8.15. The van der Waals surface area contributed by atoms with Gasteiger partial charge >= 0.3 is 0 Å². The first-order chi connectivity index (χ1) is 13.3. The number of thioether (sulfide) groups is 1. The Kier molecular flexibility index (Phi) is 7.11. The van der Waals surface area contributed by atoms with E-state index >= 15 is 0 Å². The molecule has 2 aromatic carbocycles. The lowest BCUT2D eigenvalue weighted by Crippen LogP contribution is -2.27. The number of hydrogen-bond donors (Lipinski definition) is 1. The molecule has 0 spiro atoms. The van der Waals surface area contributed by atoms with Crippen LogP contribution in [0.5, 0.6) is 11.5 Å². The van der Waals surface area contributed by atoms with Crippen molar-refractivity contribution in [2.45, 2.75) is 13.5 Å². The predicted molar refractivity (Wildman–Crippen MR) is 125 cm³/mol. The third-order valence-electron chi connectivity index (χ3n) is 3.90. The van der Waals surface area contributed by atoms with Crippen LogP contribution in [-0.4, -0.2) is 27.8 Å². The number of rotatable bonds is 5. The summed E-state index contributed by atoms with van der Waals surface area (Å²) in [4.78, 5) is 26.6. The summed E-state index contributed by atoms with van der Waals surface area (Å²) in [5.41, 5.74) is 1.24. The van der Waals surface area contributed by atoms with Crippen LogP contribution in [0.15, 0.2) is 44.2 Å². The van der Waals surface area contributed by atoms with Crippen molar-refractivity contribution in [3.8, 4) is 11.5 Å². The summed E-state index contributed by atoms with van der Waals surface area (Å²) >= 11 is 9.86. The van der Waals surface area contributed by atoms with Crippen LogP contribution in [0.25, 0.3) is 6.08 Å². The number of amides is 2. The van der Waals surface area contributed by atoms with Gasteiger partial charge in [-0.05, 0) is 103 Å². The molecule has 9 heteroatoms. The summed E-state index contributed by atoms with van der Waals surface area (Å²) in [5.74, 6) is -0.193. The predicted octanol–water partition coefficient (Wildman–Crippen LogP) is 6.16. The van der Waals surface area contributed by atoms with E-state index < -0.39 is 5.91 Å². The van der Waals surface area contributed by atoms with Crippen LogP contribution < -0.4 is 4.74 Å². The van der Waals surface area contributed by atoms with E-state index in [1.54, 1.807) is 6.07 Å². The fourth-order valence-corrected chi connectivity index (χ4v) is 4.57. The average Bonchev–Trinajstić information content (AvgIpc) is 2.92. The van der Waals surface area contributed by atoms with Crippen LogP contribution in [0, 0.1) is 3.57 Å². The molecule has 1 heterocycles. The SMILES string of the molecule is CCOc1cc(Br)c(Br)c(/C=C2\SC(=O)N(Cc3ccc(I)cc3)C2=O)c1O. The van der Waals surface area contributed by atoms with E-state index in [9.17, 15) is 14.7 Å². The number of ether oxygens (including phenoxy) is 1. The standard InChI is InChI=1S/C19H14Br2INO4S/c1-2-27-14-8-13(20)16(21)12(17(14)24)7-15-18(25)23(19(26)28-15)9-10-3-5-11(22)6-4-10/h3-8,24H,2,9H2,1H3/b15-7-. The lowest BCUT2D eigenvalue weighted by atomic mass is 10.1. The highest BCUT2D eigenvalue weighted by Crippen LogP contribution is 2.43. The topological polar surface area (TPSA) is 66.8 Å². The first kappa shape index (κ1) is 21.7. The quantitative estimate of drug-likeness (QED) is 0.314. The lowest BCUT2D eigenvalue weighted by Gasteiger charge is -2.13. The molecule has 2 amide bonds. The minimum Gasteiger partial charge on any atom is -0.504 e. The largest absolute Gasteiger partial charge is 0.504 e. The van der Waals surface area contributed by atoms with E-state index in [1.165, 1.54) is 11.0 Å². The molecule has 1 aliphatic rings. The highest BCUT2D eigenvalue weighted by molar-refractivity contribution is 14.1. The van der Waals surface area contributed by atoms with Crippen LogP contribution in [0.2, 0.25) is 0 Å². The summed E-state index contributed by atoms with van der Waals surface area (Å²) in [6, 6.07) is 9.27. The van der Waals surface area contributed by atoms with Crippen molar-refractivity contribution < 1.29 is 19.4 Å². The molecule has 5 nitrogen and oxygen atoms in total. The van der Waals surface area contributed by atoms with Gasteiger partial charge < -0.3 is 9.84 Å². The molecule has 0 radical (unpaired) electrons. The highest BCUT2D eigenvalue weighted by atomic mass is 127. The van der Waals surface area contributed by atoms with E-state index in [0.29, 0.717) is 26.9 Å². The summed E-state index contributed by atoms with van der Waals surface area (Å²) in [5, 5.41) is 10.2. The molecule has 1 saturated heterocycles. The second-order valence-corrected chi connectivity index (χ2v) is 9.65. The van der Waals surface area contributed by atoms with Gasteiger partial charge in [0.2, 0.25) is 0 Å². The third-order valence-corrected chi connectivity index (χ3v) is 7.53. The Morgan fingerprint density at radius 2 is 1.93 bits per heavy atom. The van der Waals surface area contributed by atoms with Crippen LogP contribution in [0.1, 0.15) is 18.1 Å². The van der Waals surface area contributed by atoms with Crippen molar-refractivity contribution in [3.05, 3.63) is 58.9 Å². The van der Waals surface area contributed by atoms with E-state index in [4.69, 9.17) is 4.74 Å². The molecule has 146 valence electrons. The molecule has 2 aromatic rings. The Morgan fingerprint density at radius 1 is 1.25 bits per heavy atom. The van der Waals surface area contributed by atoms with Crippen molar-refractivity contribution in [1.82, 2.24) is 4.90 Å². The van der Waals surface area contributed by atoms with Gasteiger partial charge in [-0.3, -0.25) is 14.5 Å². The van der Waals surface area contributed by atoms with Crippen molar-refractivity contribution in [1.29, 1.82) is 0 Å². The van der Waals surface area contributed by atoms with E-state index in [-0.39, 0.29) is 22.4 Å². The number of carbonyl (C=O) groups excluding carboxylic acids is 2. The van der Waals surface area contributed by atoms with Gasteiger partial charge in [-0.1, -0.05) is 12.1 Å². The molecule has 28 heavy (non-hydrogen) atoms. The van der Waals surface area contributed by atoms with Crippen LogP contribution >= 0.6 is 66.2 Å². The number of phenols is 1. The molecule has 1 fully saturated rings. The summed E-state index contributed by atoms with van der Waals surface area (Å²) in [6.45, 7) is 2.40. The van der Waals surface area contributed by atoms with Gasteiger partial charge in [0.05, 0.1) is 18.1 Å².